The van der Waals surface area contributed by atoms with Crippen molar-refractivity contribution in [3.05, 3.63) is 51.9 Å². The number of nitrogens with one attached hydrogen (secondary N) is 2. The van der Waals surface area contributed by atoms with Crippen molar-refractivity contribution in [3.63, 3.8) is 0 Å². The van der Waals surface area contributed by atoms with Crippen LogP contribution in [0.2, 0.25) is 0 Å². The molecule has 0 aliphatic heterocycles. The molecule has 0 fully saturated rings. The highest BCUT2D eigenvalue weighted by Gasteiger charge is 2.15. The van der Waals surface area contributed by atoms with Crippen LogP contribution in [0.5, 0.6) is 0 Å². The van der Waals surface area contributed by atoms with Crippen molar-refractivity contribution in [2.24, 2.45) is 10.2 Å². The van der Waals surface area contributed by atoms with Gasteiger partial charge in [-0.15, -0.1) is 22.7 Å². The summed E-state index contributed by atoms with van der Waals surface area (Å²) >= 11 is 2.46. The quantitative estimate of drug-likeness (QED) is 0.159. The number of hydrogen-bond acceptors (Lipinski definition) is 10. The van der Waals surface area contributed by atoms with Crippen LogP contribution < -0.4 is 10.9 Å². The Morgan fingerprint density at radius 3 is 1.51 bits per heavy atom. The van der Waals surface area contributed by atoms with E-state index in [1.807, 2.05) is 0 Å². The van der Waals surface area contributed by atoms with E-state index in [1.54, 1.807) is 13.8 Å². The number of unbranched alkanes of at least 4 members (excludes halogenated alkanes) is 4. The number of thiophene rings is 2. The van der Waals surface area contributed by atoms with Crippen molar-refractivity contribution in [2.75, 3.05) is 0 Å². The molecule has 14 heteroatoms. The molecule has 0 aliphatic rings. The van der Waals surface area contributed by atoms with E-state index in [0.717, 1.165) is 19.3 Å². The van der Waals surface area contributed by atoms with E-state index in [-0.39, 0.29) is 23.2 Å². The number of carbonyl (C=O) groups excluding carboxylic acids is 2. The van der Waals surface area contributed by atoms with Crippen LogP contribution >= 0.6 is 22.7 Å². The molecule has 0 unspecified atom stereocenters. The number of nitrogens with zero attached hydrogens (tertiary/aromatic N) is 4. The van der Waals surface area contributed by atoms with E-state index in [0.29, 0.717) is 45.2 Å². The predicted octanol–water partition coefficient (Wildman–Crippen LogP) is 4.57. The fourth-order valence-corrected chi connectivity index (χ4v) is 4.76. The highest BCUT2D eigenvalue weighted by atomic mass is 32.1. The summed E-state index contributed by atoms with van der Waals surface area (Å²) in [5.74, 6) is -0.458. The Balaban J connectivity index is 1.52. The first-order chi connectivity index (χ1) is 16.7. The number of hydrogen-bond donors (Lipinski definition) is 2. The molecular weight excluding hydrogens is 496 g/mol. The van der Waals surface area contributed by atoms with Crippen molar-refractivity contribution in [2.45, 2.75) is 58.8 Å². The molecular formula is C21H26N6O6S2. The molecule has 35 heavy (non-hydrogen) atoms. The molecule has 2 aromatic heterocycles. The second-order valence-electron chi connectivity index (χ2n) is 7.55. The summed E-state index contributed by atoms with van der Waals surface area (Å²) in [6.07, 6.45) is 7.34. The maximum absolute atomic E-state index is 11.8. The van der Waals surface area contributed by atoms with Gasteiger partial charge in [-0.3, -0.25) is 29.8 Å². The van der Waals surface area contributed by atoms with Crippen molar-refractivity contribution in [1.29, 1.82) is 0 Å². The largest absolute Gasteiger partial charge is 0.283 e. The van der Waals surface area contributed by atoms with Gasteiger partial charge in [0, 0.05) is 25.0 Å². The fourth-order valence-electron chi connectivity index (χ4n) is 3.03. The Morgan fingerprint density at radius 1 is 0.800 bits per heavy atom. The van der Waals surface area contributed by atoms with Gasteiger partial charge in [0.15, 0.2) is 0 Å². The van der Waals surface area contributed by atoms with Gasteiger partial charge in [-0.1, -0.05) is 19.3 Å². The summed E-state index contributed by atoms with van der Waals surface area (Å²) < 4.78 is 0. The van der Waals surface area contributed by atoms with Gasteiger partial charge >= 0.3 is 0 Å². The summed E-state index contributed by atoms with van der Waals surface area (Å²) in [6.45, 7) is 3.31. The second kappa shape index (κ2) is 14.0. The fraction of sp³-hybridized carbons (Fsp3) is 0.429. The lowest BCUT2D eigenvalue weighted by Gasteiger charge is -2.02. The second-order valence-corrected chi connectivity index (χ2v) is 10.1. The summed E-state index contributed by atoms with van der Waals surface area (Å²) in [4.78, 5) is 46.8. The Bertz CT molecular complexity index is 1040. The number of nitro groups is 2. The van der Waals surface area contributed by atoms with Gasteiger partial charge in [0.25, 0.3) is 11.4 Å². The van der Waals surface area contributed by atoms with E-state index in [2.05, 4.69) is 21.1 Å². The summed E-state index contributed by atoms with van der Waals surface area (Å²) in [5.41, 5.74) is 4.91. The standard InChI is InChI=1S/C21H26N6O6S2/c1-14-18(26(30)31)10-16(34-14)12-22-24-20(28)8-6-4-3-5-7-9-21(29)25-23-13-17-11-19(27(32)33)15(2)35-17/h10-13H,3-9H2,1-2H3,(H,24,28)(H,25,29)/b22-12-,23-13-. The van der Waals surface area contributed by atoms with Crippen LogP contribution in [-0.4, -0.2) is 34.1 Å². The molecule has 188 valence electrons. The first-order valence-electron chi connectivity index (χ1n) is 10.8. The summed E-state index contributed by atoms with van der Waals surface area (Å²) in [7, 11) is 0. The molecule has 2 rings (SSSR count). The molecule has 0 atom stereocenters. The van der Waals surface area contributed by atoms with Gasteiger partial charge in [0.2, 0.25) is 11.8 Å². The van der Waals surface area contributed by atoms with Gasteiger partial charge in [-0.25, -0.2) is 10.9 Å². The molecule has 0 spiro atoms. The molecule has 0 bridgehead atoms. The predicted molar refractivity (Wildman–Crippen MR) is 135 cm³/mol. The minimum atomic E-state index is -0.452. The third-order valence-corrected chi connectivity index (χ3v) is 6.73. The normalized spacial score (nSPS) is 11.3. The highest BCUT2D eigenvalue weighted by molar-refractivity contribution is 7.14. The molecule has 0 aromatic carbocycles. The summed E-state index contributed by atoms with van der Waals surface area (Å²) in [6, 6.07) is 2.84. The average molecular weight is 523 g/mol. The Morgan fingerprint density at radius 2 is 1.17 bits per heavy atom. The van der Waals surface area contributed by atoms with Crippen LogP contribution in [0.25, 0.3) is 0 Å². The van der Waals surface area contributed by atoms with Crippen LogP contribution in [0.1, 0.15) is 64.5 Å². The zero-order chi connectivity index (χ0) is 25.8. The van der Waals surface area contributed by atoms with Gasteiger partial charge in [0.1, 0.15) is 0 Å². The number of carbonyl (C=O) groups is 2. The van der Waals surface area contributed by atoms with E-state index >= 15 is 0 Å². The Labute approximate surface area is 209 Å². The number of hydrazone groups is 2. The lowest BCUT2D eigenvalue weighted by Crippen LogP contribution is -2.17. The van der Waals surface area contributed by atoms with Gasteiger partial charge < -0.3 is 0 Å². The minimum absolute atomic E-state index is 0.0368. The summed E-state index contributed by atoms with van der Waals surface area (Å²) in [5, 5.41) is 29.3. The zero-order valence-electron chi connectivity index (χ0n) is 19.3. The Kier molecular flexibility index (Phi) is 11.1. The van der Waals surface area contributed by atoms with Crippen molar-refractivity contribution in [1.82, 2.24) is 10.9 Å². The van der Waals surface area contributed by atoms with E-state index in [9.17, 15) is 29.8 Å². The lowest BCUT2D eigenvalue weighted by atomic mass is 10.1. The van der Waals surface area contributed by atoms with Gasteiger partial charge in [0.05, 0.1) is 41.8 Å². The highest BCUT2D eigenvalue weighted by Crippen LogP contribution is 2.27. The van der Waals surface area contributed by atoms with Crippen molar-refractivity contribution >= 4 is 58.3 Å². The maximum Gasteiger partial charge on any atom is 0.283 e. The molecule has 12 nitrogen and oxygen atoms in total. The average Bonchev–Trinajstić information content (AvgIpc) is 3.35. The first-order valence-corrected chi connectivity index (χ1v) is 12.4. The molecule has 2 N–H and O–H groups in total. The monoisotopic (exact) mass is 522 g/mol. The molecule has 2 heterocycles. The number of rotatable bonds is 14. The maximum atomic E-state index is 11.8. The molecule has 2 amide bonds. The third-order valence-electron chi connectivity index (χ3n) is 4.78. The van der Waals surface area contributed by atoms with Crippen LogP contribution in [0.3, 0.4) is 0 Å². The van der Waals surface area contributed by atoms with Crippen LogP contribution in [0, 0.1) is 34.1 Å². The van der Waals surface area contributed by atoms with Crippen LogP contribution in [-0.2, 0) is 9.59 Å². The smallest absolute Gasteiger partial charge is 0.273 e. The van der Waals surface area contributed by atoms with Crippen molar-refractivity contribution in [3.8, 4) is 0 Å². The molecule has 0 saturated heterocycles. The number of amides is 2. The molecule has 0 saturated carbocycles. The van der Waals surface area contributed by atoms with E-state index in [4.69, 9.17) is 0 Å². The SMILES string of the molecule is Cc1sc(/C=N\NC(=O)CCCCCCCC(=O)N/N=C\c2cc([N+](=O)[O-])c(C)s2)cc1[N+](=O)[O-]. The van der Waals surface area contributed by atoms with Crippen LogP contribution in [0.4, 0.5) is 11.4 Å². The molecule has 0 aliphatic carbocycles. The number of aryl methyl sites for hydroxylation is 2. The Hall–Kier alpha value is -3.52. The molecule has 0 radical (unpaired) electrons. The molecule has 2 aromatic rings. The van der Waals surface area contributed by atoms with Gasteiger partial charge in [-0.2, -0.15) is 10.2 Å². The topological polar surface area (TPSA) is 169 Å². The zero-order valence-corrected chi connectivity index (χ0v) is 20.9. The lowest BCUT2D eigenvalue weighted by molar-refractivity contribution is -0.385. The van der Waals surface area contributed by atoms with Gasteiger partial charge in [-0.05, 0) is 26.7 Å². The van der Waals surface area contributed by atoms with E-state index in [1.165, 1.54) is 47.2 Å². The van der Waals surface area contributed by atoms with Crippen LogP contribution in [0.15, 0.2) is 22.3 Å². The van der Waals surface area contributed by atoms with Crippen molar-refractivity contribution < 1.29 is 19.4 Å². The van der Waals surface area contributed by atoms with E-state index < -0.39 is 9.85 Å². The third kappa shape index (κ3) is 9.70. The first kappa shape index (κ1) is 27.7. The minimum Gasteiger partial charge on any atom is -0.273 e.